The number of piperazine rings is 2. The van der Waals surface area contributed by atoms with E-state index in [0.29, 0.717) is 11.3 Å². The fourth-order valence-corrected chi connectivity index (χ4v) is 4.77. The van der Waals surface area contributed by atoms with Crippen molar-refractivity contribution in [3.63, 3.8) is 0 Å². The van der Waals surface area contributed by atoms with Crippen molar-refractivity contribution in [1.82, 2.24) is 9.80 Å². The normalized spacial score (nSPS) is 16.5. The third-order valence-electron chi connectivity index (χ3n) is 7.19. The quantitative estimate of drug-likeness (QED) is 0.224. The SMILES string of the molecule is CN1CCN(c2ccc(C(=O)OC(C)(C)C)c(N)c2)CC1.CN1CCN(c2ccc(C(=O)OC(C)(C)C)c([N+](=O)[O-])c2)CC1. The summed E-state index contributed by atoms with van der Waals surface area (Å²) >= 11 is 0. The maximum Gasteiger partial charge on any atom is 0.345 e. The highest BCUT2D eigenvalue weighted by Crippen LogP contribution is 2.28. The van der Waals surface area contributed by atoms with Crippen LogP contribution < -0.4 is 15.5 Å². The van der Waals surface area contributed by atoms with Gasteiger partial charge in [-0.05, 0) is 86.0 Å². The van der Waals surface area contributed by atoms with E-state index in [9.17, 15) is 19.7 Å². The number of carbonyl (C=O) groups excluding carboxylic acids is 2. The Bertz CT molecular complexity index is 1320. The van der Waals surface area contributed by atoms with Gasteiger partial charge in [0.25, 0.3) is 5.69 Å². The lowest BCUT2D eigenvalue weighted by atomic mass is 10.1. The number of nitrogens with two attached hydrogens (primary N) is 1. The molecule has 0 amide bonds. The second kappa shape index (κ2) is 14.3. The second-order valence-corrected chi connectivity index (χ2v) is 13.3. The number of likely N-dealkylation sites (N-methyl/N-ethyl adjacent to an activating group) is 2. The van der Waals surface area contributed by atoms with Crippen LogP contribution in [-0.2, 0) is 9.47 Å². The van der Waals surface area contributed by atoms with Gasteiger partial charge in [0.1, 0.15) is 16.8 Å². The Morgan fingerprint density at radius 1 is 0.705 bits per heavy atom. The van der Waals surface area contributed by atoms with Crippen LogP contribution in [0.4, 0.5) is 22.7 Å². The van der Waals surface area contributed by atoms with Crippen LogP contribution in [0.1, 0.15) is 62.3 Å². The molecule has 0 spiro atoms. The number of carbonyl (C=O) groups is 2. The average Bonchev–Trinajstić information content (AvgIpc) is 2.92. The highest BCUT2D eigenvalue weighted by atomic mass is 16.6. The summed E-state index contributed by atoms with van der Waals surface area (Å²) in [6, 6.07) is 10.3. The molecule has 242 valence electrons. The van der Waals surface area contributed by atoms with E-state index in [-0.39, 0.29) is 17.2 Å². The minimum absolute atomic E-state index is 0.0113. The van der Waals surface area contributed by atoms with Gasteiger partial charge in [-0.3, -0.25) is 10.1 Å². The van der Waals surface area contributed by atoms with Crippen molar-refractivity contribution in [1.29, 1.82) is 0 Å². The van der Waals surface area contributed by atoms with Gasteiger partial charge in [-0.15, -0.1) is 0 Å². The van der Waals surface area contributed by atoms with Crippen LogP contribution in [0, 0.1) is 10.1 Å². The van der Waals surface area contributed by atoms with E-state index in [0.717, 1.165) is 63.7 Å². The topological polar surface area (TPSA) is 135 Å². The zero-order valence-corrected chi connectivity index (χ0v) is 27.4. The zero-order chi connectivity index (χ0) is 32.8. The Balaban J connectivity index is 0.000000241. The van der Waals surface area contributed by atoms with E-state index in [2.05, 4.69) is 26.6 Å². The van der Waals surface area contributed by atoms with E-state index in [1.165, 1.54) is 12.1 Å². The molecule has 2 aliphatic heterocycles. The molecule has 0 aromatic heterocycles. The van der Waals surface area contributed by atoms with Crippen LogP contribution in [0.15, 0.2) is 36.4 Å². The summed E-state index contributed by atoms with van der Waals surface area (Å²) in [5.41, 5.74) is 7.34. The van der Waals surface area contributed by atoms with Crippen LogP contribution in [0.5, 0.6) is 0 Å². The Labute approximate surface area is 260 Å². The molecule has 44 heavy (non-hydrogen) atoms. The van der Waals surface area contributed by atoms with Crippen molar-refractivity contribution in [2.75, 3.05) is 82.0 Å². The summed E-state index contributed by atoms with van der Waals surface area (Å²) in [4.78, 5) is 44.0. The Morgan fingerprint density at radius 3 is 1.48 bits per heavy atom. The summed E-state index contributed by atoms with van der Waals surface area (Å²) in [6.07, 6.45) is 0. The predicted octanol–water partition coefficient (Wildman–Crippen LogP) is 4.28. The molecule has 2 aromatic rings. The first kappa shape index (κ1) is 34.6. The average molecular weight is 613 g/mol. The van der Waals surface area contributed by atoms with E-state index in [1.807, 2.05) is 40.0 Å². The third kappa shape index (κ3) is 10.1. The maximum absolute atomic E-state index is 12.2. The van der Waals surface area contributed by atoms with Gasteiger partial charge >= 0.3 is 11.9 Å². The molecule has 2 saturated heterocycles. The van der Waals surface area contributed by atoms with Gasteiger partial charge in [-0.1, -0.05) is 0 Å². The molecule has 12 nitrogen and oxygen atoms in total. The lowest BCUT2D eigenvalue weighted by molar-refractivity contribution is -0.385. The minimum atomic E-state index is -0.693. The molecule has 0 saturated carbocycles. The summed E-state index contributed by atoms with van der Waals surface area (Å²) in [7, 11) is 4.17. The number of benzene rings is 2. The zero-order valence-electron chi connectivity index (χ0n) is 27.4. The lowest BCUT2D eigenvalue weighted by Gasteiger charge is -2.34. The van der Waals surface area contributed by atoms with Crippen LogP contribution in [0.2, 0.25) is 0 Å². The fourth-order valence-electron chi connectivity index (χ4n) is 4.77. The molecule has 2 aliphatic rings. The molecule has 2 heterocycles. The van der Waals surface area contributed by atoms with Gasteiger partial charge in [0.2, 0.25) is 0 Å². The number of nitrogen functional groups attached to an aromatic ring is 1. The van der Waals surface area contributed by atoms with Gasteiger partial charge in [0.15, 0.2) is 0 Å². The highest BCUT2D eigenvalue weighted by Gasteiger charge is 2.27. The summed E-state index contributed by atoms with van der Waals surface area (Å²) in [5.74, 6) is -1.04. The minimum Gasteiger partial charge on any atom is -0.456 e. The molecule has 0 unspecified atom stereocenters. The molecule has 4 rings (SSSR count). The number of esters is 2. The Morgan fingerprint density at radius 2 is 1.09 bits per heavy atom. The molecule has 0 atom stereocenters. The molecule has 0 bridgehead atoms. The first-order chi connectivity index (χ1) is 20.4. The van der Waals surface area contributed by atoms with Crippen molar-refractivity contribution in [2.24, 2.45) is 0 Å². The molecule has 2 aromatic carbocycles. The Kier molecular flexibility index (Phi) is 11.2. The molecule has 0 aliphatic carbocycles. The van der Waals surface area contributed by atoms with Gasteiger partial charge in [0.05, 0.1) is 10.5 Å². The number of anilines is 3. The van der Waals surface area contributed by atoms with Crippen molar-refractivity contribution < 1.29 is 24.0 Å². The number of nitrogens with zero attached hydrogens (tertiary/aromatic N) is 5. The third-order valence-corrected chi connectivity index (χ3v) is 7.19. The number of hydrogen-bond acceptors (Lipinski definition) is 11. The predicted molar refractivity (Wildman–Crippen MR) is 174 cm³/mol. The standard InChI is InChI=1S/C16H23N3O4.C16H25N3O2/c1-16(2,3)23-15(20)13-6-5-12(11-14(13)19(21)22)18-9-7-17(4)8-10-18;1-16(2,3)21-15(20)13-6-5-12(11-14(13)17)19-9-7-18(4)8-10-19/h5-6,11H,7-10H2,1-4H3;5-6,11H,7-10,17H2,1-4H3. The van der Waals surface area contributed by atoms with Crippen molar-refractivity contribution >= 4 is 34.7 Å². The number of nitro groups is 1. The van der Waals surface area contributed by atoms with Gasteiger partial charge in [-0.2, -0.15) is 0 Å². The molecular formula is C32H48N6O6. The first-order valence-electron chi connectivity index (χ1n) is 14.9. The van der Waals surface area contributed by atoms with Crippen LogP contribution in [0.25, 0.3) is 0 Å². The van der Waals surface area contributed by atoms with Gasteiger partial charge in [0, 0.05) is 75.5 Å². The second-order valence-electron chi connectivity index (χ2n) is 13.3. The molecule has 2 fully saturated rings. The smallest absolute Gasteiger partial charge is 0.345 e. The maximum atomic E-state index is 12.2. The summed E-state index contributed by atoms with van der Waals surface area (Å²) < 4.78 is 10.6. The van der Waals surface area contributed by atoms with Gasteiger partial charge < -0.3 is 34.8 Å². The van der Waals surface area contributed by atoms with E-state index in [1.54, 1.807) is 32.9 Å². The van der Waals surface area contributed by atoms with Crippen LogP contribution in [0.3, 0.4) is 0 Å². The monoisotopic (exact) mass is 612 g/mol. The van der Waals surface area contributed by atoms with Crippen molar-refractivity contribution in [3.05, 3.63) is 57.6 Å². The highest BCUT2D eigenvalue weighted by molar-refractivity contribution is 5.96. The van der Waals surface area contributed by atoms with E-state index < -0.39 is 22.1 Å². The fraction of sp³-hybridized carbons (Fsp3) is 0.562. The number of hydrogen-bond donors (Lipinski definition) is 1. The van der Waals surface area contributed by atoms with Crippen molar-refractivity contribution in [2.45, 2.75) is 52.7 Å². The summed E-state index contributed by atoms with van der Waals surface area (Å²) in [5, 5.41) is 11.3. The summed E-state index contributed by atoms with van der Waals surface area (Å²) in [6.45, 7) is 18.2. The first-order valence-corrected chi connectivity index (χ1v) is 14.9. The molecule has 0 radical (unpaired) electrons. The molecule has 12 heteroatoms. The van der Waals surface area contributed by atoms with Gasteiger partial charge in [-0.25, -0.2) is 9.59 Å². The van der Waals surface area contributed by atoms with Crippen molar-refractivity contribution in [3.8, 4) is 0 Å². The van der Waals surface area contributed by atoms with Crippen LogP contribution in [-0.4, -0.2) is 104 Å². The largest absolute Gasteiger partial charge is 0.456 e. The van der Waals surface area contributed by atoms with Crippen LogP contribution >= 0.6 is 0 Å². The van der Waals surface area contributed by atoms with E-state index >= 15 is 0 Å². The molecular weight excluding hydrogens is 564 g/mol. The lowest BCUT2D eigenvalue weighted by Crippen LogP contribution is -2.44. The number of rotatable bonds is 5. The number of nitro benzene ring substituents is 1. The Hall–Kier alpha value is -3.90. The number of ether oxygens (including phenoxy) is 2. The van der Waals surface area contributed by atoms with E-state index in [4.69, 9.17) is 15.2 Å². The molecule has 2 N–H and O–H groups in total.